The number of imidazole rings is 1. The first-order valence-electron chi connectivity index (χ1n) is 7.35. The van der Waals surface area contributed by atoms with E-state index in [0.717, 1.165) is 17.0 Å². The van der Waals surface area contributed by atoms with Crippen molar-refractivity contribution >= 4 is 11.9 Å². The van der Waals surface area contributed by atoms with Crippen LogP contribution in [0.2, 0.25) is 0 Å². The molecule has 122 valence electrons. The fourth-order valence-corrected chi connectivity index (χ4v) is 2.38. The first kappa shape index (κ1) is 15.6. The van der Waals surface area contributed by atoms with Gasteiger partial charge in [0.15, 0.2) is 0 Å². The minimum Gasteiger partial charge on any atom is -0.508 e. The van der Waals surface area contributed by atoms with Gasteiger partial charge < -0.3 is 14.4 Å². The largest absolute Gasteiger partial charge is 0.508 e. The minimum absolute atomic E-state index is 0.0430. The topological polar surface area (TPSA) is 76.4 Å². The van der Waals surface area contributed by atoms with Gasteiger partial charge in [0, 0.05) is 18.2 Å². The maximum Gasteiger partial charge on any atom is 0.258 e. The number of amides is 1. The molecule has 3 rings (SSSR count). The molecule has 0 aliphatic rings. The Morgan fingerprint density at radius 2 is 1.96 bits per heavy atom. The number of anilines is 1. The number of benzene rings is 2. The molecule has 1 heterocycles. The Balaban J connectivity index is 1.83. The number of phenolic OH excluding ortho intramolecular Hbond substituents is 1. The summed E-state index contributed by atoms with van der Waals surface area (Å²) in [7, 11) is 3.44. The third-order valence-corrected chi connectivity index (χ3v) is 3.71. The zero-order chi connectivity index (χ0) is 17.1. The molecule has 0 saturated heterocycles. The molecule has 1 amide bonds. The summed E-state index contributed by atoms with van der Waals surface area (Å²) in [4.78, 5) is 16.5. The molecule has 0 saturated carbocycles. The number of carbonyl (C=O) groups excluding carboxylic acids is 1. The van der Waals surface area contributed by atoms with Gasteiger partial charge in [-0.2, -0.15) is 0 Å². The summed E-state index contributed by atoms with van der Waals surface area (Å²) < 4.78 is 6.95. The number of aromatic nitrogens is 2. The summed E-state index contributed by atoms with van der Waals surface area (Å²) in [5, 5.41) is 12.2. The van der Waals surface area contributed by atoms with Crippen LogP contribution in [0.1, 0.15) is 10.4 Å². The number of ether oxygens (including phenoxy) is 1. The summed E-state index contributed by atoms with van der Waals surface area (Å²) in [5.74, 6) is 0.912. The summed E-state index contributed by atoms with van der Waals surface area (Å²) in [5.41, 5.74) is 2.19. The molecular weight excluding hydrogens is 306 g/mol. The van der Waals surface area contributed by atoms with E-state index < -0.39 is 0 Å². The van der Waals surface area contributed by atoms with Crippen LogP contribution < -0.4 is 10.1 Å². The third-order valence-electron chi connectivity index (χ3n) is 3.71. The Morgan fingerprint density at radius 3 is 2.62 bits per heavy atom. The second-order valence-corrected chi connectivity index (χ2v) is 5.26. The lowest BCUT2D eigenvalue weighted by atomic mass is 10.1. The van der Waals surface area contributed by atoms with Crippen LogP contribution in [-0.4, -0.2) is 27.7 Å². The maximum atomic E-state index is 12.3. The van der Waals surface area contributed by atoms with Crippen molar-refractivity contribution in [2.75, 3.05) is 12.4 Å². The molecule has 6 heteroatoms. The van der Waals surface area contributed by atoms with Crippen molar-refractivity contribution in [1.82, 2.24) is 9.55 Å². The molecule has 0 atom stereocenters. The molecule has 0 radical (unpaired) electrons. The highest BCUT2D eigenvalue weighted by Gasteiger charge is 2.13. The highest BCUT2D eigenvalue weighted by molar-refractivity contribution is 6.03. The van der Waals surface area contributed by atoms with Crippen molar-refractivity contribution in [3.05, 3.63) is 60.3 Å². The monoisotopic (exact) mass is 323 g/mol. The number of carbonyl (C=O) groups is 1. The van der Waals surface area contributed by atoms with Gasteiger partial charge in [0.2, 0.25) is 5.95 Å². The Hall–Kier alpha value is -3.28. The van der Waals surface area contributed by atoms with Crippen LogP contribution in [0, 0.1) is 0 Å². The predicted molar refractivity (Wildman–Crippen MR) is 91.3 cm³/mol. The van der Waals surface area contributed by atoms with E-state index in [1.165, 1.54) is 12.1 Å². The molecule has 1 aromatic heterocycles. The summed E-state index contributed by atoms with van der Waals surface area (Å²) in [6, 6.07) is 13.8. The van der Waals surface area contributed by atoms with E-state index in [-0.39, 0.29) is 11.7 Å². The molecule has 2 N–H and O–H groups in total. The molecular formula is C18H17N3O3. The van der Waals surface area contributed by atoms with Crippen LogP contribution in [0.4, 0.5) is 5.95 Å². The van der Waals surface area contributed by atoms with E-state index in [2.05, 4.69) is 10.3 Å². The van der Waals surface area contributed by atoms with E-state index in [1.54, 1.807) is 30.0 Å². The number of methoxy groups -OCH3 is 1. The summed E-state index contributed by atoms with van der Waals surface area (Å²) >= 11 is 0. The lowest BCUT2D eigenvalue weighted by Gasteiger charge is -2.08. The molecule has 6 nitrogen and oxygen atoms in total. The number of hydrogen-bond acceptors (Lipinski definition) is 4. The van der Waals surface area contributed by atoms with Crippen molar-refractivity contribution in [3.63, 3.8) is 0 Å². The first-order chi connectivity index (χ1) is 11.6. The van der Waals surface area contributed by atoms with Gasteiger partial charge in [-0.3, -0.25) is 10.1 Å². The number of hydrogen-bond donors (Lipinski definition) is 2. The second kappa shape index (κ2) is 6.45. The molecule has 2 aromatic carbocycles. The van der Waals surface area contributed by atoms with Gasteiger partial charge in [-0.15, -0.1) is 0 Å². The fraction of sp³-hybridized carbons (Fsp3) is 0.111. The van der Waals surface area contributed by atoms with E-state index in [9.17, 15) is 9.90 Å². The molecule has 3 aromatic rings. The van der Waals surface area contributed by atoms with Crippen molar-refractivity contribution in [2.24, 2.45) is 7.05 Å². The molecule has 0 unspecified atom stereocenters. The van der Waals surface area contributed by atoms with Crippen molar-refractivity contribution in [2.45, 2.75) is 0 Å². The smallest absolute Gasteiger partial charge is 0.258 e. The standard InChI is InChI=1S/C18H17N3O3/c1-21-16(12-6-8-15(24-2)9-7-12)11-19-18(21)20-17(23)13-4-3-5-14(22)10-13/h3-11,22H,1-2H3,(H,19,20,23). The fourth-order valence-electron chi connectivity index (χ4n) is 2.38. The normalized spacial score (nSPS) is 10.4. The molecule has 0 aliphatic heterocycles. The van der Waals surface area contributed by atoms with Crippen LogP contribution in [0.5, 0.6) is 11.5 Å². The Labute approximate surface area is 139 Å². The van der Waals surface area contributed by atoms with Gasteiger partial charge >= 0.3 is 0 Å². The number of nitrogens with one attached hydrogen (secondary N) is 1. The SMILES string of the molecule is COc1ccc(-c2cnc(NC(=O)c3cccc(O)c3)n2C)cc1. The third kappa shape index (κ3) is 3.08. The second-order valence-electron chi connectivity index (χ2n) is 5.26. The number of nitrogens with zero attached hydrogens (tertiary/aromatic N) is 2. The van der Waals surface area contributed by atoms with E-state index >= 15 is 0 Å². The quantitative estimate of drug-likeness (QED) is 0.774. The van der Waals surface area contributed by atoms with Crippen LogP contribution in [0.3, 0.4) is 0 Å². The van der Waals surface area contributed by atoms with Gasteiger partial charge in [0.1, 0.15) is 11.5 Å². The van der Waals surface area contributed by atoms with Crippen molar-refractivity contribution in [1.29, 1.82) is 0 Å². The number of rotatable bonds is 4. The van der Waals surface area contributed by atoms with Crippen molar-refractivity contribution < 1.29 is 14.6 Å². The Morgan fingerprint density at radius 1 is 1.21 bits per heavy atom. The lowest BCUT2D eigenvalue weighted by Crippen LogP contribution is -2.15. The Bertz CT molecular complexity index is 869. The molecule has 0 fully saturated rings. The Kier molecular flexibility index (Phi) is 4.20. The van der Waals surface area contributed by atoms with Gasteiger partial charge in [0.05, 0.1) is 19.0 Å². The van der Waals surface area contributed by atoms with Crippen LogP contribution in [0.15, 0.2) is 54.7 Å². The molecule has 0 bridgehead atoms. The van der Waals surface area contributed by atoms with Crippen molar-refractivity contribution in [3.8, 4) is 22.8 Å². The first-order valence-corrected chi connectivity index (χ1v) is 7.35. The number of aromatic hydroxyl groups is 1. The lowest BCUT2D eigenvalue weighted by molar-refractivity contribution is 0.102. The average Bonchev–Trinajstić information content (AvgIpc) is 2.95. The van der Waals surface area contributed by atoms with E-state index in [4.69, 9.17) is 4.74 Å². The van der Waals surface area contributed by atoms with Crippen LogP contribution >= 0.6 is 0 Å². The summed E-state index contributed by atoms with van der Waals surface area (Å²) in [6.45, 7) is 0. The highest BCUT2D eigenvalue weighted by atomic mass is 16.5. The van der Waals surface area contributed by atoms with Gasteiger partial charge in [-0.25, -0.2) is 4.98 Å². The zero-order valence-electron chi connectivity index (χ0n) is 13.4. The number of phenols is 1. The highest BCUT2D eigenvalue weighted by Crippen LogP contribution is 2.24. The van der Waals surface area contributed by atoms with Gasteiger partial charge in [-0.05, 0) is 42.5 Å². The van der Waals surface area contributed by atoms with Gasteiger partial charge in [0.25, 0.3) is 5.91 Å². The van der Waals surface area contributed by atoms with Gasteiger partial charge in [-0.1, -0.05) is 6.07 Å². The average molecular weight is 323 g/mol. The van der Waals surface area contributed by atoms with Crippen LogP contribution in [-0.2, 0) is 7.05 Å². The van der Waals surface area contributed by atoms with E-state index in [0.29, 0.717) is 11.5 Å². The molecule has 0 spiro atoms. The zero-order valence-corrected chi connectivity index (χ0v) is 13.4. The predicted octanol–water partition coefficient (Wildman–Crippen LogP) is 3.05. The summed E-state index contributed by atoms with van der Waals surface area (Å²) in [6.07, 6.45) is 1.69. The van der Waals surface area contributed by atoms with E-state index in [1.807, 2.05) is 31.3 Å². The minimum atomic E-state index is -0.333. The molecule has 24 heavy (non-hydrogen) atoms. The molecule has 0 aliphatic carbocycles. The van der Waals surface area contributed by atoms with Crippen LogP contribution in [0.25, 0.3) is 11.3 Å². The maximum absolute atomic E-state index is 12.3.